The highest BCUT2D eigenvalue weighted by Gasteiger charge is 2.14. The van der Waals surface area contributed by atoms with E-state index in [9.17, 15) is 0 Å². The number of fused-ring (bicyclic) bond motifs is 2. The first kappa shape index (κ1) is 18.4. The van der Waals surface area contributed by atoms with Crippen LogP contribution in [-0.2, 0) is 0 Å². The Morgan fingerprint density at radius 1 is 0.500 bits per heavy atom. The molecule has 0 saturated carbocycles. The van der Waals surface area contributed by atoms with Crippen LogP contribution in [0.2, 0.25) is 0 Å². The van der Waals surface area contributed by atoms with Crippen LogP contribution in [0.3, 0.4) is 0 Å². The largest absolute Gasteiger partial charge is 0.242 e. The molecule has 0 amide bonds. The van der Waals surface area contributed by atoms with Crippen LogP contribution in [0.5, 0.6) is 0 Å². The van der Waals surface area contributed by atoms with Gasteiger partial charge in [-0.25, -0.2) is 15.0 Å². The van der Waals surface area contributed by atoms with E-state index in [4.69, 9.17) is 15.0 Å². The summed E-state index contributed by atoms with van der Waals surface area (Å²) in [6.07, 6.45) is 1.90. The Labute approximate surface area is 186 Å². The topological polar surface area (TPSA) is 38.7 Å². The lowest BCUT2D eigenvalue weighted by atomic mass is 9.99. The summed E-state index contributed by atoms with van der Waals surface area (Å²) in [5.74, 6) is 0. The third-order valence-electron chi connectivity index (χ3n) is 5.72. The Bertz CT molecular complexity index is 1550. The van der Waals surface area contributed by atoms with Crippen LogP contribution in [0.15, 0.2) is 115 Å². The van der Waals surface area contributed by atoms with Gasteiger partial charge in [-0.15, -0.1) is 0 Å². The molecule has 0 fully saturated rings. The molecule has 2 heterocycles. The highest BCUT2D eigenvalue weighted by Crippen LogP contribution is 2.33. The molecule has 6 aromatic rings. The van der Waals surface area contributed by atoms with Gasteiger partial charge in [0.2, 0.25) is 0 Å². The molecule has 0 aliphatic rings. The van der Waals surface area contributed by atoms with Crippen molar-refractivity contribution in [2.45, 2.75) is 0 Å². The number of benzene rings is 4. The van der Waals surface area contributed by atoms with Crippen LogP contribution in [0.4, 0.5) is 0 Å². The maximum absolute atomic E-state index is 5.06. The van der Waals surface area contributed by atoms with Gasteiger partial charge in [0.15, 0.2) is 5.65 Å². The first-order valence-electron chi connectivity index (χ1n) is 10.6. The van der Waals surface area contributed by atoms with Crippen molar-refractivity contribution in [1.82, 2.24) is 15.0 Å². The zero-order chi connectivity index (χ0) is 21.3. The molecular weight excluding hydrogens is 390 g/mol. The summed E-state index contributed by atoms with van der Waals surface area (Å²) in [4.78, 5) is 14.7. The van der Waals surface area contributed by atoms with Gasteiger partial charge in [0.25, 0.3) is 0 Å². The molecule has 32 heavy (non-hydrogen) atoms. The molecule has 150 valence electrons. The average Bonchev–Trinajstić information content (AvgIpc) is 2.88. The molecule has 0 aliphatic heterocycles. The predicted molar refractivity (Wildman–Crippen MR) is 131 cm³/mol. The summed E-state index contributed by atoms with van der Waals surface area (Å²) in [6, 6.07) is 37.3. The van der Waals surface area contributed by atoms with Gasteiger partial charge in [0.1, 0.15) is 5.52 Å². The van der Waals surface area contributed by atoms with E-state index in [1.54, 1.807) is 0 Å². The van der Waals surface area contributed by atoms with Crippen molar-refractivity contribution < 1.29 is 0 Å². The molecule has 0 radical (unpaired) electrons. The van der Waals surface area contributed by atoms with Crippen LogP contribution in [0.1, 0.15) is 0 Å². The number of hydrogen-bond donors (Lipinski definition) is 0. The van der Waals surface area contributed by atoms with Crippen molar-refractivity contribution >= 4 is 21.9 Å². The van der Waals surface area contributed by atoms with Crippen molar-refractivity contribution in [2.24, 2.45) is 0 Å². The Balaban J connectivity index is 1.59. The van der Waals surface area contributed by atoms with E-state index in [0.29, 0.717) is 5.65 Å². The van der Waals surface area contributed by atoms with Gasteiger partial charge < -0.3 is 0 Å². The SMILES string of the molecule is c1ccc(-c2nc3cc(-c4cccc5ccccc45)cnc3nc2-c2ccccc2)cc1. The van der Waals surface area contributed by atoms with Crippen LogP contribution in [0.25, 0.3) is 55.6 Å². The molecule has 0 unspecified atom stereocenters. The monoisotopic (exact) mass is 409 g/mol. The van der Waals surface area contributed by atoms with E-state index in [1.165, 1.54) is 10.8 Å². The lowest BCUT2D eigenvalue weighted by Gasteiger charge is -2.11. The fraction of sp³-hybridized carbons (Fsp3) is 0. The second kappa shape index (κ2) is 7.71. The molecule has 0 aliphatic carbocycles. The Morgan fingerprint density at radius 2 is 1.12 bits per heavy atom. The molecule has 0 saturated heterocycles. The van der Waals surface area contributed by atoms with E-state index in [1.807, 2.05) is 42.6 Å². The fourth-order valence-electron chi connectivity index (χ4n) is 4.17. The first-order valence-corrected chi connectivity index (χ1v) is 10.6. The minimum absolute atomic E-state index is 0.646. The van der Waals surface area contributed by atoms with Crippen molar-refractivity contribution in [2.75, 3.05) is 0 Å². The molecule has 3 nitrogen and oxygen atoms in total. The normalized spacial score (nSPS) is 11.1. The zero-order valence-corrected chi connectivity index (χ0v) is 17.3. The second-order valence-corrected chi connectivity index (χ2v) is 7.75. The van der Waals surface area contributed by atoms with E-state index < -0.39 is 0 Å². The fourth-order valence-corrected chi connectivity index (χ4v) is 4.17. The van der Waals surface area contributed by atoms with Crippen molar-refractivity contribution in [3.8, 4) is 33.6 Å². The molecular formula is C29H19N3. The van der Waals surface area contributed by atoms with Crippen LogP contribution < -0.4 is 0 Å². The van der Waals surface area contributed by atoms with Crippen LogP contribution >= 0.6 is 0 Å². The molecule has 0 N–H and O–H groups in total. The van der Waals surface area contributed by atoms with Gasteiger partial charge in [0.05, 0.1) is 11.4 Å². The predicted octanol–water partition coefficient (Wildman–Crippen LogP) is 7.18. The highest BCUT2D eigenvalue weighted by atomic mass is 14.9. The lowest BCUT2D eigenvalue weighted by molar-refractivity contribution is 1.23. The van der Waals surface area contributed by atoms with Gasteiger partial charge >= 0.3 is 0 Å². The minimum atomic E-state index is 0.646. The summed E-state index contributed by atoms with van der Waals surface area (Å²) in [5, 5.41) is 2.41. The van der Waals surface area contributed by atoms with Gasteiger partial charge in [-0.2, -0.15) is 0 Å². The Hall–Kier alpha value is -4.37. The Morgan fingerprint density at radius 3 is 1.88 bits per heavy atom. The number of rotatable bonds is 3. The zero-order valence-electron chi connectivity index (χ0n) is 17.3. The first-order chi connectivity index (χ1) is 15.9. The number of nitrogens with zero attached hydrogens (tertiary/aromatic N) is 3. The summed E-state index contributed by atoms with van der Waals surface area (Å²) in [7, 11) is 0. The maximum atomic E-state index is 5.06. The van der Waals surface area contributed by atoms with Gasteiger partial charge in [-0.1, -0.05) is 103 Å². The second-order valence-electron chi connectivity index (χ2n) is 7.75. The van der Waals surface area contributed by atoms with Crippen LogP contribution in [0, 0.1) is 0 Å². The summed E-state index contributed by atoms with van der Waals surface area (Å²) >= 11 is 0. The van der Waals surface area contributed by atoms with E-state index in [-0.39, 0.29) is 0 Å². The lowest BCUT2D eigenvalue weighted by Crippen LogP contribution is -1.97. The van der Waals surface area contributed by atoms with Gasteiger partial charge in [0, 0.05) is 22.9 Å². The van der Waals surface area contributed by atoms with Crippen LogP contribution in [-0.4, -0.2) is 15.0 Å². The standard InChI is InChI=1S/C29H19N3/c1-3-11-21(12-4-1)27-28(22-13-5-2-6-14-22)32-29-26(31-27)18-23(19-30-29)25-17-9-15-20-10-7-8-16-24(20)25/h1-19H. The quantitative estimate of drug-likeness (QED) is 0.311. The molecule has 0 bridgehead atoms. The minimum Gasteiger partial charge on any atom is -0.242 e. The van der Waals surface area contributed by atoms with Gasteiger partial charge in [-0.05, 0) is 22.4 Å². The average molecular weight is 409 g/mol. The highest BCUT2D eigenvalue weighted by molar-refractivity contribution is 5.98. The summed E-state index contributed by atoms with van der Waals surface area (Å²) < 4.78 is 0. The van der Waals surface area contributed by atoms with E-state index >= 15 is 0 Å². The van der Waals surface area contributed by atoms with Crippen molar-refractivity contribution in [3.63, 3.8) is 0 Å². The van der Waals surface area contributed by atoms with E-state index in [0.717, 1.165) is 39.2 Å². The molecule has 2 aromatic heterocycles. The smallest absolute Gasteiger partial charge is 0.178 e. The van der Waals surface area contributed by atoms with Gasteiger partial charge in [-0.3, -0.25) is 0 Å². The number of hydrogen-bond acceptors (Lipinski definition) is 3. The molecule has 4 aromatic carbocycles. The molecule has 6 rings (SSSR count). The van der Waals surface area contributed by atoms with E-state index in [2.05, 4.69) is 72.8 Å². The van der Waals surface area contributed by atoms with Crippen molar-refractivity contribution in [1.29, 1.82) is 0 Å². The third-order valence-corrected chi connectivity index (χ3v) is 5.72. The number of aromatic nitrogens is 3. The molecule has 3 heteroatoms. The summed E-state index contributed by atoms with van der Waals surface area (Å²) in [6.45, 7) is 0. The summed E-state index contributed by atoms with van der Waals surface area (Å²) in [5.41, 5.74) is 7.39. The van der Waals surface area contributed by atoms with Crippen molar-refractivity contribution in [3.05, 3.63) is 115 Å². The third kappa shape index (κ3) is 3.21. The number of pyridine rings is 1. The maximum Gasteiger partial charge on any atom is 0.178 e. The Kier molecular flexibility index (Phi) is 4.43. The molecule has 0 atom stereocenters. The molecule has 0 spiro atoms.